The van der Waals surface area contributed by atoms with Crippen molar-refractivity contribution in [1.29, 1.82) is 0 Å². The van der Waals surface area contributed by atoms with E-state index in [1.165, 1.54) is 19.3 Å². The van der Waals surface area contributed by atoms with Crippen molar-refractivity contribution in [3.63, 3.8) is 0 Å². The Morgan fingerprint density at radius 3 is 2.41 bits per heavy atom. The van der Waals surface area contributed by atoms with Crippen molar-refractivity contribution in [2.75, 3.05) is 0 Å². The normalized spacial score (nSPS) is 14.5. The summed E-state index contributed by atoms with van der Waals surface area (Å²) in [6, 6.07) is 0. The Morgan fingerprint density at radius 1 is 1.24 bits per heavy atom. The molecule has 0 aromatic carbocycles. The predicted molar refractivity (Wildman–Crippen MR) is 70.4 cm³/mol. The van der Waals surface area contributed by atoms with E-state index in [0.29, 0.717) is 5.92 Å². The number of carboxylic acids is 1. The van der Waals surface area contributed by atoms with E-state index >= 15 is 0 Å². The van der Waals surface area contributed by atoms with Crippen molar-refractivity contribution in [2.24, 2.45) is 11.8 Å². The number of aliphatic carboxylic acids is 1. The van der Waals surface area contributed by atoms with E-state index in [0.717, 1.165) is 24.0 Å². The third kappa shape index (κ3) is 11.2. The van der Waals surface area contributed by atoms with E-state index in [1.807, 2.05) is 6.08 Å². The molecule has 0 heterocycles. The number of carbonyl (C=O) groups is 1. The number of allylic oxidation sites excluding steroid dienone is 3. The Bertz CT molecular complexity index is 275. The fourth-order valence-electron chi connectivity index (χ4n) is 1.71. The van der Waals surface area contributed by atoms with Gasteiger partial charge in [-0.25, -0.2) is 0 Å². The molecule has 0 amide bonds. The van der Waals surface area contributed by atoms with Crippen LogP contribution in [0.1, 0.15) is 53.4 Å². The van der Waals surface area contributed by atoms with Gasteiger partial charge in [-0.05, 0) is 36.8 Å². The summed E-state index contributed by atoms with van der Waals surface area (Å²) >= 11 is 0. The van der Waals surface area contributed by atoms with Crippen LogP contribution in [0.15, 0.2) is 23.8 Å². The molecule has 0 radical (unpaired) electrons. The minimum absolute atomic E-state index is 0.667. The van der Waals surface area contributed by atoms with E-state index in [-0.39, 0.29) is 0 Å². The molecule has 0 saturated carbocycles. The quantitative estimate of drug-likeness (QED) is 0.481. The molecule has 1 atom stereocenters. The van der Waals surface area contributed by atoms with Crippen LogP contribution in [-0.2, 0) is 4.79 Å². The highest BCUT2D eigenvalue weighted by Gasteiger charge is 2.00. The molecular formula is C15H25O2-. The second-order valence-electron chi connectivity index (χ2n) is 5.28. The molecule has 0 aliphatic heterocycles. The van der Waals surface area contributed by atoms with Crippen LogP contribution in [0.25, 0.3) is 0 Å². The van der Waals surface area contributed by atoms with Gasteiger partial charge < -0.3 is 9.90 Å². The zero-order chi connectivity index (χ0) is 13.3. The van der Waals surface area contributed by atoms with E-state index in [2.05, 4.69) is 26.8 Å². The average Bonchev–Trinajstić information content (AvgIpc) is 2.15. The second-order valence-corrected chi connectivity index (χ2v) is 5.28. The molecule has 2 heteroatoms. The summed E-state index contributed by atoms with van der Waals surface area (Å²) in [5.74, 6) is 0.323. The third-order valence-electron chi connectivity index (χ3n) is 2.74. The Kier molecular flexibility index (Phi) is 8.47. The topological polar surface area (TPSA) is 40.1 Å². The van der Waals surface area contributed by atoms with Crippen LogP contribution < -0.4 is 5.11 Å². The lowest BCUT2D eigenvalue weighted by Gasteiger charge is -2.09. The van der Waals surface area contributed by atoms with Gasteiger partial charge in [0.2, 0.25) is 0 Å². The van der Waals surface area contributed by atoms with E-state index in [1.54, 1.807) is 6.92 Å². The van der Waals surface area contributed by atoms with Crippen LogP contribution in [0, 0.1) is 11.8 Å². The molecule has 0 saturated heterocycles. The van der Waals surface area contributed by atoms with E-state index < -0.39 is 5.97 Å². The smallest absolute Gasteiger partial charge is 0.0645 e. The lowest BCUT2D eigenvalue weighted by Crippen LogP contribution is -2.19. The Morgan fingerprint density at radius 2 is 1.88 bits per heavy atom. The third-order valence-corrected chi connectivity index (χ3v) is 2.74. The van der Waals surface area contributed by atoms with Crippen LogP contribution in [-0.4, -0.2) is 5.97 Å². The van der Waals surface area contributed by atoms with Gasteiger partial charge in [-0.1, -0.05) is 52.2 Å². The summed E-state index contributed by atoms with van der Waals surface area (Å²) in [5, 5.41) is 10.3. The maximum atomic E-state index is 10.3. The predicted octanol–water partition coefficient (Wildman–Crippen LogP) is 3.09. The maximum Gasteiger partial charge on any atom is 0.0645 e. The molecule has 0 aliphatic carbocycles. The van der Waals surface area contributed by atoms with Gasteiger partial charge in [-0.2, -0.15) is 0 Å². The molecule has 2 nitrogen and oxygen atoms in total. The Labute approximate surface area is 105 Å². The molecule has 0 N–H and O–H groups in total. The highest BCUT2D eigenvalue weighted by Crippen LogP contribution is 2.15. The average molecular weight is 237 g/mol. The number of rotatable bonds is 8. The molecular weight excluding hydrogens is 212 g/mol. The van der Waals surface area contributed by atoms with Gasteiger partial charge in [0, 0.05) is 0 Å². The minimum atomic E-state index is -1.13. The fourth-order valence-corrected chi connectivity index (χ4v) is 1.71. The summed E-state index contributed by atoms with van der Waals surface area (Å²) in [4.78, 5) is 10.3. The maximum absolute atomic E-state index is 10.3. The Balaban J connectivity index is 3.79. The van der Waals surface area contributed by atoms with Gasteiger partial charge in [0.25, 0.3) is 0 Å². The second kappa shape index (κ2) is 9.03. The van der Waals surface area contributed by atoms with Gasteiger partial charge in [0.05, 0.1) is 5.97 Å². The SMILES string of the molecule is CC(C=CCC(C)CCCC(C)C)=CC(=O)[O-]. The largest absolute Gasteiger partial charge is 0.545 e. The highest BCUT2D eigenvalue weighted by atomic mass is 16.4. The summed E-state index contributed by atoms with van der Waals surface area (Å²) < 4.78 is 0. The van der Waals surface area contributed by atoms with E-state index in [4.69, 9.17) is 0 Å². The van der Waals surface area contributed by atoms with Gasteiger partial charge in [0.15, 0.2) is 0 Å². The van der Waals surface area contributed by atoms with Crippen LogP contribution >= 0.6 is 0 Å². The van der Waals surface area contributed by atoms with Crippen LogP contribution in [0.2, 0.25) is 0 Å². The van der Waals surface area contributed by atoms with Crippen molar-refractivity contribution in [1.82, 2.24) is 0 Å². The summed E-state index contributed by atoms with van der Waals surface area (Å²) in [6.07, 6.45) is 9.85. The minimum Gasteiger partial charge on any atom is -0.545 e. The molecule has 0 bridgehead atoms. The lowest BCUT2D eigenvalue weighted by molar-refractivity contribution is -0.297. The zero-order valence-electron chi connectivity index (χ0n) is 11.5. The zero-order valence-corrected chi connectivity index (χ0v) is 11.5. The van der Waals surface area contributed by atoms with Gasteiger partial charge in [-0.3, -0.25) is 0 Å². The number of hydrogen-bond acceptors (Lipinski definition) is 2. The number of hydrogen-bond donors (Lipinski definition) is 0. The van der Waals surface area contributed by atoms with Crippen LogP contribution in [0.4, 0.5) is 0 Å². The van der Waals surface area contributed by atoms with Crippen molar-refractivity contribution in [2.45, 2.75) is 53.4 Å². The molecule has 0 fully saturated rings. The fraction of sp³-hybridized carbons (Fsp3) is 0.667. The molecule has 0 spiro atoms. The van der Waals surface area contributed by atoms with Crippen LogP contribution in [0.5, 0.6) is 0 Å². The highest BCUT2D eigenvalue weighted by molar-refractivity contribution is 5.79. The monoisotopic (exact) mass is 237 g/mol. The first-order valence-electron chi connectivity index (χ1n) is 6.47. The summed E-state index contributed by atoms with van der Waals surface area (Å²) in [7, 11) is 0. The van der Waals surface area contributed by atoms with Crippen LogP contribution in [0.3, 0.4) is 0 Å². The molecule has 0 aromatic heterocycles. The Hall–Kier alpha value is -1.05. The first-order chi connectivity index (χ1) is 7.91. The molecule has 98 valence electrons. The van der Waals surface area contributed by atoms with Crippen molar-refractivity contribution in [3.05, 3.63) is 23.8 Å². The first kappa shape index (κ1) is 16.0. The molecule has 0 aromatic rings. The molecule has 0 rings (SSSR count). The molecule has 0 aliphatic rings. The summed E-state index contributed by atoms with van der Waals surface area (Å²) in [6.45, 7) is 8.51. The van der Waals surface area contributed by atoms with Gasteiger partial charge in [0.1, 0.15) is 0 Å². The van der Waals surface area contributed by atoms with Crippen molar-refractivity contribution < 1.29 is 9.90 Å². The molecule has 1 unspecified atom stereocenters. The molecule has 17 heavy (non-hydrogen) atoms. The summed E-state index contributed by atoms with van der Waals surface area (Å²) in [5.41, 5.74) is 0.736. The van der Waals surface area contributed by atoms with Crippen molar-refractivity contribution >= 4 is 5.97 Å². The van der Waals surface area contributed by atoms with Gasteiger partial charge >= 0.3 is 0 Å². The standard InChI is InChI=1S/C15H26O2/c1-12(2)7-5-8-13(3)9-6-10-14(4)11-15(16)17/h6,10-13H,5,7-9H2,1-4H3,(H,16,17)/p-1. The number of carboxylic acid groups (broad SMARTS) is 1. The number of carbonyl (C=O) groups excluding carboxylic acids is 1. The lowest BCUT2D eigenvalue weighted by atomic mass is 9.97. The van der Waals surface area contributed by atoms with Crippen molar-refractivity contribution in [3.8, 4) is 0 Å². The van der Waals surface area contributed by atoms with E-state index in [9.17, 15) is 9.90 Å². The van der Waals surface area contributed by atoms with Gasteiger partial charge in [-0.15, -0.1) is 0 Å². The first-order valence-corrected chi connectivity index (χ1v) is 6.47.